The van der Waals surface area contributed by atoms with Crippen LogP contribution in [0, 0.1) is 5.92 Å². The third kappa shape index (κ3) is 2.72. The fraction of sp³-hybridized carbons (Fsp3) is 0.455. The summed E-state index contributed by atoms with van der Waals surface area (Å²) < 4.78 is 0.912. The zero-order valence-corrected chi connectivity index (χ0v) is 10.8. The molecule has 0 saturated heterocycles. The van der Waals surface area contributed by atoms with Crippen LogP contribution in [0.1, 0.15) is 31.9 Å². The molecule has 0 aliphatic rings. The zero-order valence-electron chi connectivity index (χ0n) is 8.43. The van der Waals surface area contributed by atoms with Crippen LogP contribution in [0.15, 0.2) is 22.7 Å². The molecule has 0 aromatic heterocycles. The van der Waals surface area contributed by atoms with E-state index in [9.17, 15) is 0 Å². The molecule has 1 nitrogen and oxygen atoms in total. The van der Waals surface area contributed by atoms with Crippen LogP contribution in [0.5, 0.6) is 0 Å². The normalized spacial score (nSPS) is 15.2. The molecule has 0 spiro atoms. The third-order valence-corrected chi connectivity index (χ3v) is 3.80. The lowest BCUT2D eigenvalue weighted by atomic mass is 9.93. The van der Waals surface area contributed by atoms with Crippen LogP contribution in [-0.4, -0.2) is 0 Å². The standard InChI is InChI=1S/C11H15BrClN/c1-3-7(2)11(14)8-4-5-10(13)9(12)6-8/h4-7,11H,3,14H2,1-2H3/t7?,11-/m0/s1. The lowest BCUT2D eigenvalue weighted by Gasteiger charge is -2.19. The van der Waals surface area contributed by atoms with Crippen molar-refractivity contribution in [3.63, 3.8) is 0 Å². The summed E-state index contributed by atoms with van der Waals surface area (Å²) in [7, 11) is 0. The van der Waals surface area contributed by atoms with Crippen molar-refractivity contribution in [3.05, 3.63) is 33.3 Å². The van der Waals surface area contributed by atoms with E-state index in [4.69, 9.17) is 17.3 Å². The first-order valence-corrected chi connectivity index (χ1v) is 5.94. The van der Waals surface area contributed by atoms with Gasteiger partial charge in [-0.1, -0.05) is 37.9 Å². The van der Waals surface area contributed by atoms with Crippen LogP contribution >= 0.6 is 27.5 Å². The first-order chi connectivity index (χ1) is 6.56. The molecular formula is C11H15BrClN. The van der Waals surface area contributed by atoms with Gasteiger partial charge in [-0.3, -0.25) is 0 Å². The van der Waals surface area contributed by atoms with Crippen molar-refractivity contribution in [1.82, 2.24) is 0 Å². The molecule has 78 valence electrons. The smallest absolute Gasteiger partial charge is 0.0548 e. The van der Waals surface area contributed by atoms with Crippen LogP contribution in [0.2, 0.25) is 5.02 Å². The molecule has 0 fully saturated rings. The predicted octanol–water partition coefficient (Wildman–Crippen LogP) is 4.15. The van der Waals surface area contributed by atoms with Crippen LogP contribution in [-0.2, 0) is 0 Å². The van der Waals surface area contributed by atoms with Gasteiger partial charge >= 0.3 is 0 Å². The van der Waals surface area contributed by atoms with Gasteiger partial charge in [-0.25, -0.2) is 0 Å². The number of hydrogen-bond donors (Lipinski definition) is 1. The Kier molecular flexibility index (Phi) is 4.42. The minimum absolute atomic E-state index is 0.0913. The second-order valence-electron chi connectivity index (χ2n) is 3.58. The van der Waals surface area contributed by atoms with Gasteiger partial charge in [0.2, 0.25) is 0 Å². The van der Waals surface area contributed by atoms with Gasteiger partial charge in [0.25, 0.3) is 0 Å². The van der Waals surface area contributed by atoms with E-state index in [-0.39, 0.29) is 6.04 Å². The van der Waals surface area contributed by atoms with E-state index < -0.39 is 0 Å². The Morgan fingerprint density at radius 1 is 1.50 bits per heavy atom. The fourth-order valence-corrected chi connectivity index (χ4v) is 1.82. The minimum atomic E-state index is 0.0913. The molecule has 0 amide bonds. The summed E-state index contributed by atoms with van der Waals surface area (Å²) in [6.45, 7) is 4.31. The molecule has 14 heavy (non-hydrogen) atoms. The van der Waals surface area contributed by atoms with E-state index in [0.29, 0.717) is 5.92 Å². The van der Waals surface area contributed by atoms with Crippen LogP contribution in [0.4, 0.5) is 0 Å². The summed E-state index contributed by atoms with van der Waals surface area (Å²) in [5, 5.41) is 0.727. The number of rotatable bonds is 3. The summed E-state index contributed by atoms with van der Waals surface area (Å²) in [5.41, 5.74) is 7.24. The van der Waals surface area contributed by atoms with Crippen LogP contribution < -0.4 is 5.73 Å². The van der Waals surface area contributed by atoms with Crippen molar-refractivity contribution in [2.24, 2.45) is 11.7 Å². The summed E-state index contributed by atoms with van der Waals surface area (Å²) in [5.74, 6) is 0.489. The topological polar surface area (TPSA) is 26.0 Å². The Labute approximate surface area is 98.8 Å². The number of halogens is 2. The molecular weight excluding hydrogens is 261 g/mol. The van der Waals surface area contributed by atoms with Crippen molar-refractivity contribution in [2.45, 2.75) is 26.3 Å². The lowest BCUT2D eigenvalue weighted by Crippen LogP contribution is -2.18. The Hall–Kier alpha value is -0.0500. The molecule has 0 bridgehead atoms. The molecule has 1 aromatic rings. The van der Waals surface area contributed by atoms with E-state index in [1.54, 1.807) is 0 Å². The van der Waals surface area contributed by atoms with Gasteiger partial charge in [-0.15, -0.1) is 0 Å². The predicted molar refractivity (Wildman–Crippen MR) is 65.5 cm³/mol. The fourth-order valence-electron chi connectivity index (χ4n) is 1.30. The maximum Gasteiger partial charge on any atom is 0.0548 e. The van der Waals surface area contributed by atoms with Crippen LogP contribution in [0.3, 0.4) is 0 Å². The van der Waals surface area contributed by atoms with E-state index >= 15 is 0 Å². The Morgan fingerprint density at radius 3 is 2.64 bits per heavy atom. The quantitative estimate of drug-likeness (QED) is 0.882. The van der Waals surface area contributed by atoms with E-state index in [1.807, 2.05) is 18.2 Å². The molecule has 1 aromatic carbocycles. The second-order valence-corrected chi connectivity index (χ2v) is 4.85. The maximum atomic E-state index is 6.10. The molecule has 0 aliphatic heterocycles. The van der Waals surface area contributed by atoms with Crippen molar-refractivity contribution in [3.8, 4) is 0 Å². The Bertz CT molecular complexity index is 314. The highest BCUT2D eigenvalue weighted by Gasteiger charge is 2.13. The molecule has 1 rings (SSSR count). The van der Waals surface area contributed by atoms with E-state index in [0.717, 1.165) is 21.5 Å². The van der Waals surface area contributed by atoms with Gasteiger partial charge in [0.15, 0.2) is 0 Å². The van der Waals surface area contributed by atoms with Gasteiger partial charge in [-0.2, -0.15) is 0 Å². The number of benzene rings is 1. The van der Waals surface area contributed by atoms with Crippen LogP contribution in [0.25, 0.3) is 0 Å². The SMILES string of the molecule is CCC(C)[C@H](N)c1ccc(Cl)c(Br)c1. The van der Waals surface area contributed by atoms with Crippen molar-refractivity contribution < 1.29 is 0 Å². The lowest BCUT2D eigenvalue weighted by molar-refractivity contribution is 0.457. The molecule has 2 N–H and O–H groups in total. The maximum absolute atomic E-state index is 6.10. The minimum Gasteiger partial charge on any atom is -0.324 e. The van der Waals surface area contributed by atoms with Gasteiger partial charge in [0.1, 0.15) is 0 Å². The molecule has 0 saturated carbocycles. The van der Waals surface area contributed by atoms with Gasteiger partial charge in [0, 0.05) is 10.5 Å². The first-order valence-electron chi connectivity index (χ1n) is 4.76. The summed E-state index contributed by atoms with van der Waals surface area (Å²) in [4.78, 5) is 0. The molecule has 1 unspecified atom stereocenters. The molecule has 0 heterocycles. The molecule has 0 radical (unpaired) electrons. The summed E-state index contributed by atoms with van der Waals surface area (Å²) in [6.07, 6.45) is 1.08. The van der Waals surface area contributed by atoms with E-state index in [1.165, 1.54) is 0 Å². The Morgan fingerprint density at radius 2 is 2.14 bits per heavy atom. The van der Waals surface area contributed by atoms with Crippen molar-refractivity contribution in [2.75, 3.05) is 0 Å². The highest BCUT2D eigenvalue weighted by atomic mass is 79.9. The zero-order chi connectivity index (χ0) is 10.7. The average molecular weight is 277 g/mol. The number of hydrogen-bond acceptors (Lipinski definition) is 1. The first kappa shape index (κ1) is 12.0. The average Bonchev–Trinajstić information content (AvgIpc) is 2.20. The summed E-state index contributed by atoms with van der Waals surface area (Å²) in [6, 6.07) is 5.96. The van der Waals surface area contributed by atoms with Gasteiger partial charge in [-0.05, 0) is 39.5 Å². The Balaban J connectivity index is 2.91. The highest BCUT2D eigenvalue weighted by Crippen LogP contribution is 2.28. The number of nitrogens with two attached hydrogens (primary N) is 1. The van der Waals surface area contributed by atoms with Gasteiger partial charge in [0.05, 0.1) is 5.02 Å². The van der Waals surface area contributed by atoms with Crippen molar-refractivity contribution >= 4 is 27.5 Å². The second kappa shape index (κ2) is 5.15. The van der Waals surface area contributed by atoms with Gasteiger partial charge < -0.3 is 5.73 Å². The molecule has 3 heteroatoms. The molecule has 2 atom stereocenters. The third-order valence-electron chi connectivity index (χ3n) is 2.59. The van der Waals surface area contributed by atoms with E-state index in [2.05, 4.69) is 29.8 Å². The monoisotopic (exact) mass is 275 g/mol. The molecule has 0 aliphatic carbocycles. The largest absolute Gasteiger partial charge is 0.324 e. The summed E-state index contributed by atoms with van der Waals surface area (Å²) >= 11 is 9.31. The van der Waals surface area contributed by atoms with Crippen molar-refractivity contribution in [1.29, 1.82) is 0 Å². The highest BCUT2D eigenvalue weighted by molar-refractivity contribution is 9.10.